The lowest BCUT2D eigenvalue weighted by Gasteiger charge is -2.04. The van der Waals surface area contributed by atoms with Crippen molar-refractivity contribution < 1.29 is 23.5 Å². The van der Waals surface area contributed by atoms with Gasteiger partial charge >= 0.3 is 11.9 Å². The Kier molecular flexibility index (Phi) is 6.68. The van der Waals surface area contributed by atoms with Gasteiger partial charge in [-0.25, -0.2) is 9.59 Å². The minimum Gasteiger partial charge on any atom is -0.464 e. The summed E-state index contributed by atoms with van der Waals surface area (Å²) in [5.74, 6) is -1.19. The first-order valence-corrected chi connectivity index (χ1v) is 4.93. The molecule has 0 aromatic carbocycles. The molecule has 0 aliphatic carbocycles. The molecule has 0 rings (SSSR count). The van der Waals surface area contributed by atoms with Crippen molar-refractivity contribution in [3.8, 4) is 0 Å². The summed E-state index contributed by atoms with van der Waals surface area (Å²) in [4.78, 5) is 21.7. The largest absolute Gasteiger partial charge is 0.464 e. The maximum absolute atomic E-state index is 10.9. The molecule has 0 saturated heterocycles. The summed E-state index contributed by atoms with van der Waals surface area (Å²) in [7, 11) is 1.61. The van der Waals surface area contributed by atoms with Gasteiger partial charge in [0.2, 0.25) is 0 Å². The monoisotopic (exact) mass is 216 g/mol. The van der Waals surface area contributed by atoms with E-state index in [0.717, 1.165) is 0 Å². The molecule has 0 atom stereocenters. The van der Waals surface area contributed by atoms with Gasteiger partial charge in [0.15, 0.2) is 6.61 Å². The van der Waals surface area contributed by atoms with Crippen LogP contribution < -0.4 is 0 Å². The molecule has 6 heteroatoms. The van der Waals surface area contributed by atoms with Crippen LogP contribution in [0.3, 0.4) is 0 Å². The first-order valence-electron chi connectivity index (χ1n) is 3.82. The van der Waals surface area contributed by atoms with Gasteiger partial charge in [-0.2, -0.15) is 0 Å². The lowest BCUT2D eigenvalue weighted by molar-refractivity contribution is -0.155. The number of hydrogen-bond donors (Lipinski definition) is 0. The zero-order chi connectivity index (χ0) is 11.0. The van der Waals surface area contributed by atoms with Crippen LogP contribution in [0, 0.1) is 0 Å². The highest BCUT2D eigenvalue weighted by atomic mass is 28.2. The molecule has 0 aliphatic heterocycles. The standard InChI is InChI=1S/C8H12O5Si/c1-6(2)8(10)12-4-7(9)13-5-14-11-3/h1,4-5H2,2-3H3. The third-order valence-corrected chi connectivity index (χ3v) is 1.66. The van der Waals surface area contributed by atoms with Gasteiger partial charge < -0.3 is 13.9 Å². The van der Waals surface area contributed by atoms with Gasteiger partial charge in [0.05, 0.1) is 0 Å². The maximum atomic E-state index is 10.9. The van der Waals surface area contributed by atoms with Crippen LogP contribution >= 0.6 is 0 Å². The van der Waals surface area contributed by atoms with E-state index in [-0.39, 0.29) is 28.2 Å². The van der Waals surface area contributed by atoms with E-state index < -0.39 is 11.9 Å². The van der Waals surface area contributed by atoms with Gasteiger partial charge in [0, 0.05) is 12.7 Å². The molecule has 0 spiro atoms. The minimum atomic E-state index is -0.601. The van der Waals surface area contributed by atoms with E-state index in [9.17, 15) is 9.59 Å². The third kappa shape index (κ3) is 6.38. The predicted molar refractivity (Wildman–Crippen MR) is 49.5 cm³/mol. The zero-order valence-corrected chi connectivity index (χ0v) is 9.16. The fourth-order valence-corrected chi connectivity index (χ4v) is 0.796. The molecule has 0 N–H and O–H groups in total. The highest BCUT2D eigenvalue weighted by Crippen LogP contribution is 1.92. The smallest absolute Gasteiger partial charge is 0.344 e. The summed E-state index contributed by atoms with van der Waals surface area (Å²) in [6.45, 7) is 4.47. The second-order valence-electron chi connectivity index (χ2n) is 2.37. The number of carbonyl (C=O) groups is 2. The molecular formula is C8H12O5Si. The van der Waals surface area contributed by atoms with Gasteiger partial charge in [-0.1, -0.05) is 6.58 Å². The Morgan fingerprint density at radius 2 is 2.00 bits per heavy atom. The quantitative estimate of drug-likeness (QED) is 0.268. The van der Waals surface area contributed by atoms with Crippen molar-refractivity contribution in [2.75, 3.05) is 19.9 Å². The summed E-state index contributed by atoms with van der Waals surface area (Å²) in [5.41, 5.74) is 0.247. The number of ether oxygens (including phenoxy) is 2. The molecule has 5 nitrogen and oxygen atoms in total. The third-order valence-electron chi connectivity index (χ3n) is 1.11. The van der Waals surface area contributed by atoms with Crippen molar-refractivity contribution in [2.45, 2.75) is 6.92 Å². The number of esters is 2. The Balaban J connectivity index is 3.54. The van der Waals surface area contributed by atoms with E-state index in [1.165, 1.54) is 14.0 Å². The Bertz CT molecular complexity index is 226. The van der Waals surface area contributed by atoms with Crippen molar-refractivity contribution in [1.82, 2.24) is 0 Å². The number of carbonyl (C=O) groups excluding carboxylic acids is 2. The second-order valence-corrected chi connectivity index (χ2v) is 3.35. The average Bonchev–Trinajstić information content (AvgIpc) is 2.14. The van der Waals surface area contributed by atoms with Gasteiger partial charge in [-0.05, 0) is 6.92 Å². The van der Waals surface area contributed by atoms with Crippen LogP contribution in [-0.2, 0) is 23.5 Å². The molecule has 0 unspecified atom stereocenters. The van der Waals surface area contributed by atoms with Crippen molar-refractivity contribution >= 4 is 21.7 Å². The number of hydrogen-bond acceptors (Lipinski definition) is 5. The van der Waals surface area contributed by atoms with E-state index in [2.05, 4.69) is 20.5 Å². The zero-order valence-electron chi connectivity index (χ0n) is 8.16. The predicted octanol–water partition coefficient (Wildman–Crippen LogP) is -0.128. The molecule has 0 aromatic heterocycles. The molecule has 78 valence electrons. The molecule has 2 radical (unpaired) electrons. The van der Waals surface area contributed by atoms with Gasteiger partial charge in [-0.15, -0.1) is 0 Å². The topological polar surface area (TPSA) is 61.8 Å². The molecule has 0 aliphatic rings. The Hall–Kier alpha value is -1.14. The lowest BCUT2D eigenvalue weighted by Crippen LogP contribution is -2.19. The summed E-state index contributed by atoms with van der Waals surface area (Å²) >= 11 is 0. The van der Waals surface area contributed by atoms with E-state index >= 15 is 0 Å². The van der Waals surface area contributed by atoms with E-state index in [1.54, 1.807) is 0 Å². The molecular weight excluding hydrogens is 204 g/mol. The average molecular weight is 216 g/mol. The van der Waals surface area contributed by atoms with Crippen LogP contribution in [0.2, 0.25) is 0 Å². The van der Waals surface area contributed by atoms with Crippen molar-refractivity contribution in [3.63, 3.8) is 0 Å². The van der Waals surface area contributed by atoms with Crippen molar-refractivity contribution in [2.24, 2.45) is 0 Å². The molecule has 0 heterocycles. The maximum Gasteiger partial charge on any atom is 0.344 e. The molecule has 0 aromatic rings. The second kappa shape index (κ2) is 7.28. The van der Waals surface area contributed by atoms with Crippen LogP contribution in [0.1, 0.15) is 6.92 Å². The van der Waals surface area contributed by atoms with Crippen molar-refractivity contribution in [3.05, 3.63) is 12.2 Å². The number of rotatable bonds is 6. The highest BCUT2D eigenvalue weighted by molar-refractivity contribution is 6.27. The van der Waals surface area contributed by atoms with Crippen LogP contribution in [0.25, 0.3) is 0 Å². The fraction of sp³-hybridized carbons (Fsp3) is 0.500. The van der Waals surface area contributed by atoms with E-state index in [4.69, 9.17) is 0 Å². The van der Waals surface area contributed by atoms with Crippen LogP contribution in [0.15, 0.2) is 12.2 Å². The van der Waals surface area contributed by atoms with Crippen LogP contribution in [0.5, 0.6) is 0 Å². The Morgan fingerprint density at radius 3 is 2.50 bits per heavy atom. The van der Waals surface area contributed by atoms with Gasteiger partial charge in [0.25, 0.3) is 9.76 Å². The van der Waals surface area contributed by atoms with E-state index in [0.29, 0.717) is 0 Å². The lowest BCUT2D eigenvalue weighted by atomic mass is 10.4. The normalized spacial score (nSPS) is 9.29. The van der Waals surface area contributed by atoms with Crippen LogP contribution in [-0.4, -0.2) is 41.6 Å². The van der Waals surface area contributed by atoms with Crippen molar-refractivity contribution in [1.29, 1.82) is 0 Å². The first kappa shape index (κ1) is 12.9. The van der Waals surface area contributed by atoms with Crippen LogP contribution in [0.4, 0.5) is 0 Å². The Labute approximate surface area is 85.0 Å². The summed E-state index contributed by atoms with van der Waals surface area (Å²) in [5, 5.41) is 0. The van der Waals surface area contributed by atoms with Gasteiger partial charge in [0.1, 0.15) is 6.23 Å². The highest BCUT2D eigenvalue weighted by Gasteiger charge is 2.08. The summed E-state index contributed by atoms with van der Waals surface area (Å²) in [6, 6.07) is 0. The molecule has 0 bridgehead atoms. The molecule has 0 fully saturated rings. The van der Waals surface area contributed by atoms with Gasteiger partial charge in [-0.3, -0.25) is 0 Å². The fourth-order valence-electron chi connectivity index (χ4n) is 0.458. The molecule has 0 saturated carbocycles. The SMILES string of the molecule is C=C(C)C(=O)OCC(=O)OC[Si]OC. The molecule has 0 amide bonds. The minimum absolute atomic E-state index is 0.101. The first-order chi connectivity index (χ1) is 6.57. The summed E-state index contributed by atoms with van der Waals surface area (Å²) in [6.07, 6.45) is 0.181. The van der Waals surface area contributed by atoms with E-state index in [1.807, 2.05) is 0 Å². The molecule has 14 heavy (non-hydrogen) atoms. The summed E-state index contributed by atoms with van der Waals surface area (Å²) < 4.78 is 13.9. The Morgan fingerprint density at radius 1 is 1.36 bits per heavy atom.